The van der Waals surface area contributed by atoms with Gasteiger partial charge in [0.1, 0.15) is 0 Å². The van der Waals surface area contributed by atoms with Crippen molar-refractivity contribution in [3.8, 4) is 0 Å². The molecule has 1 amide bonds. The van der Waals surface area contributed by atoms with E-state index in [-0.39, 0.29) is 12.0 Å². The van der Waals surface area contributed by atoms with Crippen molar-refractivity contribution in [3.63, 3.8) is 0 Å². The van der Waals surface area contributed by atoms with Gasteiger partial charge < -0.3 is 10.4 Å². The fourth-order valence-electron chi connectivity index (χ4n) is 2.48. The first-order valence-electron chi connectivity index (χ1n) is 7.08. The van der Waals surface area contributed by atoms with Crippen LogP contribution in [0.2, 0.25) is 0 Å². The van der Waals surface area contributed by atoms with Crippen LogP contribution >= 0.6 is 0 Å². The molecule has 1 aliphatic rings. The van der Waals surface area contributed by atoms with Gasteiger partial charge in [0.2, 0.25) is 5.91 Å². The van der Waals surface area contributed by atoms with E-state index in [1.807, 2.05) is 18.2 Å². The molecule has 1 aliphatic carbocycles. The van der Waals surface area contributed by atoms with Crippen LogP contribution in [0.1, 0.15) is 37.8 Å². The maximum Gasteiger partial charge on any atom is 0.220 e. The summed E-state index contributed by atoms with van der Waals surface area (Å²) in [7, 11) is 0. The number of nitrogens with one attached hydrogen (secondary N) is 1. The second kappa shape index (κ2) is 7.24. The smallest absolute Gasteiger partial charge is 0.220 e. The Morgan fingerprint density at radius 1 is 1.32 bits per heavy atom. The highest BCUT2D eigenvalue weighted by atomic mass is 16.3. The molecule has 104 valence electrons. The van der Waals surface area contributed by atoms with Gasteiger partial charge in [-0.15, -0.1) is 0 Å². The summed E-state index contributed by atoms with van der Waals surface area (Å²) in [4.78, 5) is 15.9. The lowest BCUT2D eigenvalue weighted by Crippen LogP contribution is -2.32. The Bertz CT molecular complexity index is 386. The zero-order valence-corrected chi connectivity index (χ0v) is 11.2. The van der Waals surface area contributed by atoms with Crippen LogP contribution in [0.3, 0.4) is 0 Å². The van der Waals surface area contributed by atoms with Gasteiger partial charge in [-0.1, -0.05) is 6.07 Å². The molecule has 0 spiro atoms. The van der Waals surface area contributed by atoms with Gasteiger partial charge in [-0.2, -0.15) is 0 Å². The molecule has 0 radical (unpaired) electrons. The number of carbonyl (C=O) groups excluding carboxylic acids is 1. The third-order valence-corrected chi connectivity index (χ3v) is 3.74. The molecule has 1 fully saturated rings. The molecule has 4 heteroatoms. The summed E-state index contributed by atoms with van der Waals surface area (Å²) in [6.07, 6.45) is 6.58. The van der Waals surface area contributed by atoms with E-state index in [4.69, 9.17) is 0 Å². The van der Waals surface area contributed by atoms with Gasteiger partial charge in [0.05, 0.1) is 6.10 Å². The molecular weight excluding hydrogens is 240 g/mol. The highest BCUT2D eigenvalue weighted by Crippen LogP contribution is 2.23. The van der Waals surface area contributed by atoms with E-state index in [9.17, 15) is 9.90 Å². The van der Waals surface area contributed by atoms with Crippen molar-refractivity contribution in [2.24, 2.45) is 5.92 Å². The maximum absolute atomic E-state index is 11.7. The highest BCUT2D eigenvalue weighted by Gasteiger charge is 2.19. The predicted molar refractivity (Wildman–Crippen MR) is 73.5 cm³/mol. The lowest BCUT2D eigenvalue weighted by Gasteiger charge is -2.25. The number of aliphatic hydroxyl groups excluding tert-OH is 1. The molecule has 2 rings (SSSR count). The van der Waals surface area contributed by atoms with Crippen molar-refractivity contribution in [2.45, 2.75) is 44.6 Å². The van der Waals surface area contributed by atoms with Gasteiger partial charge in [0.25, 0.3) is 0 Å². The number of rotatable bonds is 5. The van der Waals surface area contributed by atoms with Gasteiger partial charge in [-0.05, 0) is 50.2 Å². The summed E-state index contributed by atoms with van der Waals surface area (Å²) in [5.74, 6) is 0.624. The van der Waals surface area contributed by atoms with Crippen LogP contribution in [0.15, 0.2) is 24.4 Å². The van der Waals surface area contributed by atoms with Crippen LogP contribution in [0.4, 0.5) is 0 Å². The number of amides is 1. The molecule has 2 N–H and O–H groups in total. The number of hydrogen-bond acceptors (Lipinski definition) is 3. The van der Waals surface area contributed by atoms with Crippen molar-refractivity contribution in [3.05, 3.63) is 30.1 Å². The van der Waals surface area contributed by atoms with Crippen molar-refractivity contribution in [1.29, 1.82) is 0 Å². The zero-order chi connectivity index (χ0) is 13.5. The van der Waals surface area contributed by atoms with Crippen LogP contribution < -0.4 is 5.32 Å². The minimum atomic E-state index is -0.129. The first kappa shape index (κ1) is 14.0. The van der Waals surface area contributed by atoms with E-state index >= 15 is 0 Å². The Labute approximate surface area is 114 Å². The lowest BCUT2D eigenvalue weighted by molar-refractivity contribution is -0.121. The monoisotopic (exact) mass is 262 g/mol. The van der Waals surface area contributed by atoms with E-state index in [0.717, 1.165) is 37.9 Å². The first-order chi connectivity index (χ1) is 9.24. The van der Waals surface area contributed by atoms with Gasteiger partial charge in [0.15, 0.2) is 0 Å². The van der Waals surface area contributed by atoms with E-state index in [1.54, 1.807) is 6.20 Å². The van der Waals surface area contributed by atoms with Gasteiger partial charge in [-0.25, -0.2) is 0 Å². The second-order valence-corrected chi connectivity index (χ2v) is 5.30. The van der Waals surface area contributed by atoms with Crippen LogP contribution in [-0.4, -0.2) is 28.6 Å². The van der Waals surface area contributed by atoms with E-state index in [1.165, 1.54) is 0 Å². The number of nitrogens with zero attached hydrogens (tertiary/aromatic N) is 1. The number of aryl methyl sites for hydroxylation is 1. The van der Waals surface area contributed by atoms with Crippen molar-refractivity contribution in [1.82, 2.24) is 10.3 Å². The van der Waals surface area contributed by atoms with Crippen molar-refractivity contribution < 1.29 is 9.90 Å². The molecule has 0 aliphatic heterocycles. The van der Waals surface area contributed by atoms with Crippen LogP contribution in [0.25, 0.3) is 0 Å². The number of carbonyl (C=O) groups is 1. The average Bonchev–Trinajstić information content (AvgIpc) is 2.45. The quantitative estimate of drug-likeness (QED) is 0.848. The van der Waals surface area contributed by atoms with Crippen LogP contribution in [-0.2, 0) is 11.2 Å². The maximum atomic E-state index is 11.7. The lowest BCUT2D eigenvalue weighted by atomic mass is 9.87. The Hall–Kier alpha value is -1.42. The topological polar surface area (TPSA) is 62.2 Å². The predicted octanol–water partition coefficient (Wildman–Crippen LogP) is 1.68. The Kier molecular flexibility index (Phi) is 5.33. The van der Waals surface area contributed by atoms with Gasteiger partial charge in [0, 0.05) is 24.9 Å². The zero-order valence-electron chi connectivity index (χ0n) is 11.2. The first-order valence-corrected chi connectivity index (χ1v) is 7.08. The van der Waals surface area contributed by atoms with Crippen LogP contribution in [0.5, 0.6) is 0 Å². The van der Waals surface area contributed by atoms with Crippen LogP contribution in [0, 0.1) is 5.92 Å². The van der Waals surface area contributed by atoms with E-state index < -0.39 is 0 Å². The molecule has 1 saturated carbocycles. The average molecular weight is 262 g/mol. The summed E-state index contributed by atoms with van der Waals surface area (Å²) < 4.78 is 0. The normalized spacial score (nSPS) is 23.0. The summed E-state index contributed by atoms with van der Waals surface area (Å²) in [6, 6.07) is 5.75. The summed E-state index contributed by atoms with van der Waals surface area (Å²) in [6.45, 7) is 0.744. The number of hydrogen-bond donors (Lipinski definition) is 2. The number of aromatic nitrogens is 1. The molecule has 0 aromatic carbocycles. The largest absolute Gasteiger partial charge is 0.393 e. The standard InChI is InChI=1S/C15H22N2O2/c18-14-7-4-12(5-8-14)11-17-15(19)9-6-13-3-1-2-10-16-13/h1-3,10,12,14,18H,4-9,11H2,(H,17,19). The fraction of sp³-hybridized carbons (Fsp3) is 0.600. The Balaban J connectivity index is 1.62. The molecule has 0 unspecified atom stereocenters. The Morgan fingerprint density at radius 3 is 2.79 bits per heavy atom. The SMILES string of the molecule is O=C(CCc1ccccn1)NCC1CCC(O)CC1. The summed E-state index contributed by atoms with van der Waals surface area (Å²) in [5, 5.41) is 12.4. The van der Waals surface area contributed by atoms with Gasteiger partial charge in [-0.3, -0.25) is 9.78 Å². The Morgan fingerprint density at radius 2 is 2.11 bits per heavy atom. The fourth-order valence-corrected chi connectivity index (χ4v) is 2.48. The number of pyridine rings is 1. The molecule has 1 aromatic heterocycles. The number of aliphatic hydroxyl groups is 1. The molecule has 0 atom stereocenters. The van der Waals surface area contributed by atoms with Crippen molar-refractivity contribution >= 4 is 5.91 Å². The van der Waals surface area contributed by atoms with Crippen molar-refractivity contribution in [2.75, 3.05) is 6.54 Å². The minimum Gasteiger partial charge on any atom is -0.393 e. The summed E-state index contributed by atoms with van der Waals surface area (Å²) >= 11 is 0. The molecule has 19 heavy (non-hydrogen) atoms. The summed E-state index contributed by atoms with van der Waals surface area (Å²) in [5.41, 5.74) is 0.957. The van der Waals surface area contributed by atoms with E-state index in [2.05, 4.69) is 10.3 Å². The van der Waals surface area contributed by atoms with E-state index in [0.29, 0.717) is 18.8 Å². The highest BCUT2D eigenvalue weighted by molar-refractivity contribution is 5.76. The molecule has 4 nitrogen and oxygen atoms in total. The third-order valence-electron chi connectivity index (χ3n) is 3.74. The molecular formula is C15H22N2O2. The third kappa shape index (κ3) is 4.99. The molecule has 0 saturated heterocycles. The molecule has 1 aromatic rings. The molecule has 1 heterocycles. The minimum absolute atomic E-state index is 0.0942. The van der Waals surface area contributed by atoms with Gasteiger partial charge >= 0.3 is 0 Å². The second-order valence-electron chi connectivity index (χ2n) is 5.30. The molecule has 0 bridgehead atoms.